The maximum Gasteiger partial charge on any atom is 0.123 e. The van der Waals surface area contributed by atoms with E-state index in [0.29, 0.717) is 19.1 Å². The van der Waals surface area contributed by atoms with E-state index >= 15 is 0 Å². The Balaban J connectivity index is 2.55. The Bertz CT molecular complexity index is 390. The first-order valence-electron chi connectivity index (χ1n) is 6.86. The van der Waals surface area contributed by atoms with Crippen LogP contribution in [0.2, 0.25) is 0 Å². The van der Waals surface area contributed by atoms with Gasteiger partial charge in [-0.15, -0.1) is 6.58 Å². The first-order valence-corrected chi connectivity index (χ1v) is 6.86. The molecule has 3 heteroatoms. The molecule has 19 heavy (non-hydrogen) atoms. The second-order valence-corrected chi connectivity index (χ2v) is 5.06. The van der Waals surface area contributed by atoms with Crippen molar-refractivity contribution in [3.8, 4) is 5.75 Å². The van der Waals surface area contributed by atoms with E-state index in [1.54, 1.807) is 6.07 Å². The highest BCUT2D eigenvalue weighted by Gasteiger charge is 2.05. The SMILES string of the molecule is C=CCCCOc1ccc(F)cc1CNCC(C)C. The van der Waals surface area contributed by atoms with Gasteiger partial charge in [0.25, 0.3) is 0 Å². The van der Waals surface area contributed by atoms with Crippen LogP contribution >= 0.6 is 0 Å². The summed E-state index contributed by atoms with van der Waals surface area (Å²) in [5, 5.41) is 3.31. The molecular formula is C16H24FNO. The van der Waals surface area contributed by atoms with Gasteiger partial charge in [0, 0.05) is 12.1 Å². The molecule has 106 valence electrons. The van der Waals surface area contributed by atoms with E-state index in [-0.39, 0.29) is 5.82 Å². The van der Waals surface area contributed by atoms with Gasteiger partial charge in [0.1, 0.15) is 11.6 Å². The minimum Gasteiger partial charge on any atom is -0.493 e. The molecule has 0 aliphatic carbocycles. The summed E-state index contributed by atoms with van der Waals surface area (Å²) in [6, 6.07) is 4.68. The Morgan fingerprint density at radius 2 is 2.21 bits per heavy atom. The van der Waals surface area contributed by atoms with E-state index in [9.17, 15) is 4.39 Å². The van der Waals surface area contributed by atoms with Gasteiger partial charge >= 0.3 is 0 Å². The van der Waals surface area contributed by atoms with E-state index in [4.69, 9.17) is 4.74 Å². The normalized spacial score (nSPS) is 10.7. The van der Waals surface area contributed by atoms with Crippen molar-refractivity contribution in [3.05, 3.63) is 42.2 Å². The lowest BCUT2D eigenvalue weighted by Crippen LogP contribution is -2.19. The van der Waals surface area contributed by atoms with Crippen LogP contribution in [0.15, 0.2) is 30.9 Å². The molecule has 0 atom stereocenters. The molecule has 0 radical (unpaired) electrons. The fourth-order valence-corrected chi connectivity index (χ4v) is 1.73. The second-order valence-electron chi connectivity index (χ2n) is 5.06. The number of nitrogens with one attached hydrogen (secondary N) is 1. The van der Waals surface area contributed by atoms with Crippen LogP contribution < -0.4 is 10.1 Å². The number of allylic oxidation sites excluding steroid dienone is 1. The van der Waals surface area contributed by atoms with E-state index in [1.807, 2.05) is 6.08 Å². The lowest BCUT2D eigenvalue weighted by molar-refractivity contribution is 0.307. The highest BCUT2D eigenvalue weighted by Crippen LogP contribution is 2.20. The van der Waals surface area contributed by atoms with Crippen LogP contribution in [0.25, 0.3) is 0 Å². The maximum atomic E-state index is 13.3. The fourth-order valence-electron chi connectivity index (χ4n) is 1.73. The molecule has 0 bridgehead atoms. The zero-order valence-corrected chi connectivity index (χ0v) is 11.9. The predicted octanol–water partition coefficient (Wildman–Crippen LogP) is 3.92. The Labute approximate surface area is 115 Å². The fraction of sp³-hybridized carbons (Fsp3) is 0.500. The van der Waals surface area contributed by atoms with E-state index in [0.717, 1.165) is 30.7 Å². The van der Waals surface area contributed by atoms with Gasteiger partial charge in [0.15, 0.2) is 0 Å². The van der Waals surface area contributed by atoms with Gasteiger partial charge in [-0.1, -0.05) is 19.9 Å². The molecule has 1 rings (SSSR count). The minimum absolute atomic E-state index is 0.222. The Morgan fingerprint density at radius 1 is 1.42 bits per heavy atom. The summed E-state index contributed by atoms with van der Waals surface area (Å²) < 4.78 is 19.0. The monoisotopic (exact) mass is 265 g/mol. The third-order valence-electron chi connectivity index (χ3n) is 2.70. The highest BCUT2D eigenvalue weighted by atomic mass is 19.1. The molecule has 2 nitrogen and oxygen atoms in total. The molecule has 0 aliphatic rings. The van der Waals surface area contributed by atoms with Crippen molar-refractivity contribution in [1.29, 1.82) is 0 Å². The summed E-state index contributed by atoms with van der Waals surface area (Å²) in [6.07, 6.45) is 3.74. The van der Waals surface area contributed by atoms with Gasteiger partial charge in [-0.3, -0.25) is 0 Å². The van der Waals surface area contributed by atoms with Crippen LogP contribution in [0.5, 0.6) is 5.75 Å². The zero-order chi connectivity index (χ0) is 14.1. The topological polar surface area (TPSA) is 21.3 Å². The standard InChI is InChI=1S/C16H24FNO/c1-4-5-6-9-19-16-8-7-15(17)10-14(16)12-18-11-13(2)3/h4,7-8,10,13,18H,1,5-6,9,11-12H2,2-3H3. The van der Waals surface area contributed by atoms with Crippen molar-refractivity contribution in [2.24, 2.45) is 5.92 Å². The predicted molar refractivity (Wildman–Crippen MR) is 77.9 cm³/mol. The molecule has 0 heterocycles. The number of rotatable bonds is 9. The van der Waals surface area contributed by atoms with Gasteiger partial charge in [0.2, 0.25) is 0 Å². The van der Waals surface area contributed by atoms with E-state index in [1.165, 1.54) is 12.1 Å². The van der Waals surface area contributed by atoms with Gasteiger partial charge in [-0.2, -0.15) is 0 Å². The lowest BCUT2D eigenvalue weighted by atomic mass is 10.1. The zero-order valence-electron chi connectivity index (χ0n) is 11.9. The molecule has 0 saturated carbocycles. The Kier molecular flexibility index (Phi) is 7.19. The van der Waals surface area contributed by atoms with Crippen molar-refractivity contribution < 1.29 is 9.13 Å². The van der Waals surface area contributed by atoms with Crippen molar-refractivity contribution in [2.75, 3.05) is 13.2 Å². The van der Waals surface area contributed by atoms with Crippen LogP contribution in [0.1, 0.15) is 32.3 Å². The summed E-state index contributed by atoms with van der Waals surface area (Å²) in [5.74, 6) is 1.12. The molecule has 0 aliphatic heterocycles. The van der Waals surface area contributed by atoms with Crippen LogP contribution in [-0.4, -0.2) is 13.2 Å². The summed E-state index contributed by atoms with van der Waals surface area (Å²) in [7, 11) is 0. The van der Waals surface area contributed by atoms with Crippen molar-refractivity contribution in [2.45, 2.75) is 33.2 Å². The molecule has 0 saturated heterocycles. The average Bonchev–Trinajstić information content (AvgIpc) is 2.36. The number of benzene rings is 1. The van der Waals surface area contributed by atoms with Crippen LogP contribution in [0.3, 0.4) is 0 Å². The smallest absolute Gasteiger partial charge is 0.123 e. The molecular weight excluding hydrogens is 241 g/mol. The van der Waals surface area contributed by atoms with Gasteiger partial charge < -0.3 is 10.1 Å². The van der Waals surface area contributed by atoms with Crippen LogP contribution in [-0.2, 0) is 6.54 Å². The molecule has 0 fully saturated rings. The molecule has 0 amide bonds. The minimum atomic E-state index is -0.222. The quantitative estimate of drug-likeness (QED) is 0.540. The Hall–Kier alpha value is -1.35. The summed E-state index contributed by atoms with van der Waals surface area (Å²) in [4.78, 5) is 0. The van der Waals surface area contributed by atoms with Crippen molar-refractivity contribution in [3.63, 3.8) is 0 Å². The molecule has 1 aromatic rings. The first-order chi connectivity index (χ1) is 9.13. The van der Waals surface area contributed by atoms with Crippen molar-refractivity contribution >= 4 is 0 Å². The molecule has 0 unspecified atom stereocenters. The number of hydrogen-bond donors (Lipinski definition) is 1. The lowest BCUT2D eigenvalue weighted by Gasteiger charge is -2.13. The molecule has 0 aromatic heterocycles. The summed E-state index contributed by atoms with van der Waals surface area (Å²) >= 11 is 0. The van der Waals surface area contributed by atoms with Crippen molar-refractivity contribution in [1.82, 2.24) is 5.32 Å². The number of ether oxygens (including phenoxy) is 1. The summed E-state index contributed by atoms with van der Waals surface area (Å²) in [6.45, 7) is 10.1. The number of unbranched alkanes of at least 4 members (excludes halogenated alkanes) is 1. The first kappa shape index (κ1) is 15.7. The van der Waals surface area contributed by atoms with Crippen LogP contribution in [0, 0.1) is 11.7 Å². The highest BCUT2D eigenvalue weighted by molar-refractivity contribution is 5.33. The van der Waals surface area contributed by atoms with Gasteiger partial charge in [-0.05, 0) is 43.5 Å². The average molecular weight is 265 g/mol. The molecule has 1 N–H and O–H groups in total. The summed E-state index contributed by atoms with van der Waals surface area (Å²) in [5.41, 5.74) is 0.874. The van der Waals surface area contributed by atoms with E-state index in [2.05, 4.69) is 25.7 Å². The van der Waals surface area contributed by atoms with E-state index < -0.39 is 0 Å². The third kappa shape index (κ3) is 6.39. The van der Waals surface area contributed by atoms with Gasteiger partial charge in [0.05, 0.1) is 6.61 Å². The second kappa shape index (κ2) is 8.70. The number of hydrogen-bond acceptors (Lipinski definition) is 2. The largest absolute Gasteiger partial charge is 0.493 e. The molecule has 1 aromatic carbocycles. The molecule has 0 spiro atoms. The number of halogens is 1. The third-order valence-corrected chi connectivity index (χ3v) is 2.70. The Morgan fingerprint density at radius 3 is 2.89 bits per heavy atom. The maximum absolute atomic E-state index is 13.3. The van der Waals surface area contributed by atoms with Crippen LogP contribution in [0.4, 0.5) is 4.39 Å². The van der Waals surface area contributed by atoms with Gasteiger partial charge in [-0.25, -0.2) is 4.39 Å².